The molecule has 0 aromatic heterocycles. The molecule has 1 amide bonds. The third kappa shape index (κ3) is 1.69. The van der Waals surface area contributed by atoms with Crippen LogP contribution in [0.2, 0.25) is 10.0 Å². The fourth-order valence-electron chi connectivity index (χ4n) is 2.26. The molecular formula is C14H9Cl2NO. The summed E-state index contributed by atoms with van der Waals surface area (Å²) in [6.45, 7) is 0. The molecule has 3 rings (SSSR count). The van der Waals surface area contributed by atoms with Gasteiger partial charge in [0, 0.05) is 11.3 Å². The van der Waals surface area contributed by atoms with Crippen molar-refractivity contribution in [1.82, 2.24) is 0 Å². The van der Waals surface area contributed by atoms with E-state index in [4.69, 9.17) is 23.2 Å². The molecule has 90 valence electrons. The van der Waals surface area contributed by atoms with Gasteiger partial charge in [0.05, 0.1) is 16.0 Å². The maximum atomic E-state index is 12.1. The van der Waals surface area contributed by atoms with E-state index in [1.807, 2.05) is 30.3 Å². The first-order valence-electron chi connectivity index (χ1n) is 5.52. The van der Waals surface area contributed by atoms with Crippen molar-refractivity contribution >= 4 is 34.8 Å². The number of hydrogen-bond acceptors (Lipinski definition) is 1. The molecule has 1 aliphatic heterocycles. The average molecular weight is 278 g/mol. The first-order valence-corrected chi connectivity index (χ1v) is 6.28. The van der Waals surface area contributed by atoms with Crippen LogP contribution in [0.5, 0.6) is 0 Å². The van der Waals surface area contributed by atoms with Crippen LogP contribution in [0.25, 0.3) is 0 Å². The molecule has 0 bridgehead atoms. The normalized spacial score (nSPS) is 17.4. The lowest BCUT2D eigenvalue weighted by molar-refractivity contribution is -0.116. The number of rotatable bonds is 1. The van der Waals surface area contributed by atoms with Gasteiger partial charge in [-0.25, -0.2) is 0 Å². The minimum Gasteiger partial charge on any atom is -0.325 e. The molecule has 0 fully saturated rings. The van der Waals surface area contributed by atoms with Crippen molar-refractivity contribution in [2.75, 3.05) is 5.32 Å². The number of nitrogens with one attached hydrogen (secondary N) is 1. The van der Waals surface area contributed by atoms with Crippen LogP contribution in [0.1, 0.15) is 17.0 Å². The third-order valence-corrected chi connectivity index (χ3v) is 3.89. The molecule has 2 nitrogen and oxygen atoms in total. The number of fused-ring (bicyclic) bond motifs is 1. The van der Waals surface area contributed by atoms with Crippen LogP contribution in [0.3, 0.4) is 0 Å². The number of hydrogen-bond donors (Lipinski definition) is 1. The van der Waals surface area contributed by atoms with Gasteiger partial charge in [-0.15, -0.1) is 0 Å². The van der Waals surface area contributed by atoms with E-state index in [0.717, 1.165) is 16.8 Å². The number of benzene rings is 2. The number of amides is 1. The van der Waals surface area contributed by atoms with E-state index in [1.54, 1.807) is 12.1 Å². The quantitative estimate of drug-likeness (QED) is 0.836. The molecule has 18 heavy (non-hydrogen) atoms. The van der Waals surface area contributed by atoms with Gasteiger partial charge in [0.25, 0.3) is 0 Å². The maximum Gasteiger partial charge on any atom is 0.236 e. The fourth-order valence-corrected chi connectivity index (χ4v) is 2.70. The van der Waals surface area contributed by atoms with E-state index in [9.17, 15) is 4.79 Å². The van der Waals surface area contributed by atoms with Crippen LogP contribution < -0.4 is 5.32 Å². The Morgan fingerprint density at radius 1 is 1.00 bits per heavy atom. The van der Waals surface area contributed by atoms with E-state index in [0.29, 0.717) is 10.0 Å². The van der Waals surface area contributed by atoms with Crippen molar-refractivity contribution in [2.24, 2.45) is 0 Å². The summed E-state index contributed by atoms with van der Waals surface area (Å²) in [6, 6.07) is 13.0. The van der Waals surface area contributed by atoms with Crippen molar-refractivity contribution in [3.63, 3.8) is 0 Å². The lowest BCUT2D eigenvalue weighted by Gasteiger charge is -2.11. The largest absolute Gasteiger partial charge is 0.325 e. The summed E-state index contributed by atoms with van der Waals surface area (Å²) in [5.41, 5.74) is 2.42. The van der Waals surface area contributed by atoms with Gasteiger partial charge in [0.1, 0.15) is 0 Å². The second kappa shape index (κ2) is 4.30. The number of carbonyl (C=O) groups is 1. The number of anilines is 1. The molecule has 0 aliphatic carbocycles. The van der Waals surface area contributed by atoms with Crippen LogP contribution in [-0.4, -0.2) is 5.91 Å². The van der Waals surface area contributed by atoms with Crippen molar-refractivity contribution < 1.29 is 4.79 Å². The predicted octanol–water partition coefficient (Wildman–Crippen LogP) is 4.08. The first kappa shape index (κ1) is 11.6. The highest BCUT2D eigenvalue weighted by Gasteiger charge is 2.34. The molecule has 2 aromatic carbocycles. The summed E-state index contributed by atoms with van der Waals surface area (Å²) in [7, 11) is 0. The number of halogens is 2. The van der Waals surface area contributed by atoms with Gasteiger partial charge < -0.3 is 5.32 Å². The lowest BCUT2D eigenvalue weighted by Crippen LogP contribution is -2.13. The molecule has 0 spiro atoms. The van der Waals surface area contributed by atoms with Gasteiger partial charge >= 0.3 is 0 Å². The highest BCUT2D eigenvalue weighted by molar-refractivity contribution is 6.43. The Morgan fingerprint density at radius 2 is 1.72 bits per heavy atom. The van der Waals surface area contributed by atoms with Crippen molar-refractivity contribution in [2.45, 2.75) is 5.92 Å². The summed E-state index contributed by atoms with van der Waals surface area (Å²) < 4.78 is 0. The average Bonchev–Trinajstić information content (AvgIpc) is 2.72. The monoisotopic (exact) mass is 277 g/mol. The summed E-state index contributed by atoms with van der Waals surface area (Å²) in [5.74, 6) is -0.451. The highest BCUT2D eigenvalue weighted by Crippen LogP contribution is 2.44. The van der Waals surface area contributed by atoms with Crippen LogP contribution in [-0.2, 0) is 4.79 Å². The van der Waals surface area contributed by atoms with Crippen molar-refractivity contribution in [3.8, 4) is 0 Å². The zero-order valence-electron chi connectivity index (χ0n) is 9.28. The van der Waals surface area contributed by atoms with Gasteiger partial charge in [-0.05, 0) is 17.7 Å². The minimum absolute atomic E-state index is 0.0691. The summed E-state index contributed by atoms with van der Waals surface area (Å²) in [4.78, 5) is 12.1. The molecule has 1 N–H and O–H groups in total. The summed E-state index contributed by atoms with van der Waals surface area (Å²) >= 11 is 12.2. The van der Waals surface area contributed by atoms with Gasteiger partial charge in [-0.3, -0.25) is 4.79 Å². The topological polar surface area (TPSA) is 29.1 Å². The van der Waals surface area contributed by atoms with Crippen LogP contribution in [0.15, 0.2) is 42.5 Å². The maximum absolute atomic E-state index is 12.1. The zero-order chi connectivity index (χ0) is 12.7. The predicted molar refractivity (Wildman–Crippen MR) is 73.4 cm³/mol. The van der Waals surface area contributed by atoms with E-state index in [-0.39, 0.29) is 11.8 Å². The van der Waals surface area contributed by atoms with Crippen LogP contribution in [0.4, 0.5) is 5.69 Å². The minimum atomic E-state index is -0.382. The fraction of sp³-hybridized carbons (Fsp3) is 0.0714. The second-order valence-corrected chi connectivity index (χ2v) is 4.94. The Labute approximate surface area is 115 Å². The number of carbonyl (C=O) groups excluding carboxylic acids is 1. The molecule has 0 saturated carbocycles. The molecule has 0 radical (unpaired) electrons. The second-order valence-electron chi connectivity index (χ2n) is 4.16. The van der Waals surface area contributed by atoms with Gasteiger partial charge in [-0.1, -0.05) is 53.5 Å². The Kier molecular flexibility index (Phi) is 2.77. The third-order valence-electron chi connectivity index (χ3n) is 3.07. The van der Waals surface area contributed by atoms with Crippen LogP contribution in [0, 0.1) is 0 Å². The van der Waals surface area contributed by atoms with E-state index in [1.165, 1.54) is 0 Å². The van der Waals surface area contributed by atoms with Crippen LogP contribution >= 0.6 is 23.2 Å². The summed E-state index contributed by atoms with van der Waals surface area (Å²) in [5, 5.41) is 3.74. The molecule has 1 atom stereocenters. The SMILES string of the molecule is O=C1Nc2ccc(Cl)c(Cl)c2C1c1ccccc1. The molecule has 4 heteroatoms. The van der Waals surface area contributed by atoms with Gasteiger partial charge in [0.2, 0.25) is 5.91 Å². The lowest BCUT2D eigenvalue weighted by atomic mass is 9.92. The smallest absolute Gasteiger partial charge is 0.236 e. The van der Waals surface area contributed by atoms with Crippen molar-refractivity contribution in [3.05, 3.63) is 63.6 Å². The molecular weight excluding hydrogens is 269 g/mol. The van der Waals surface area contributed by atoms with E-state index >= 15 is 0 Å². The molecule has 1 aliphatic rings. The molecule has 1 heterocycles. The standard InChI is InChI=1S/C14H9Cl2NO/c15-9-6-7-10-12(13(9)16)11(14(18)17-10)8-4-2-1-3-5-8/h1-7,11H,(H,17,18). The molecule has 0 saturated heterocycles. The van der Waals surface area contributed by atoms with Crippen molar-refractivity contribution in [1.29, 1.82) is 0 Å². The zero-order valence-corrected chi connectivity index (χ0v) is 10.8. The molecule has 1 unspecified atom stereocenters. The molecule has 2 aromatic rings. The van der Waals surface area contributed by atoms with Gasteiger partial charge in [-0.2, -0.15) is 0 Å². The van der Waals surface area contributed by atoms with E-state index in [2.05, 4.69) is 5.32 Å². The first-order chi connectivity index (χ1) is 8.68. The summed E-state index contributed by atoms with van der Waals surface area (Å²) in [6.07, 6.45) is 0. The highest BCUT2D eigenvalue weighted by atomic mass is 35.5. The Bertz CT molecular complexity index is 625. The Hall–Kier alpha value is -1.51. The van der Waals surface area contributed by atoms with E-state index < -0.39 is 0 Å². The Balaban J connectivity index is 2.20. The Morgan fingerprint density at radius 3 is 2.44 bits per heavy atom. The van der Waals surface area contributed by atoms with Gasteiger partial charge in [0.15, 0.2) is 0 Å².